The van der Waals surface area contributed by atoms with E-state index in [0.717, 1.165) is 16.7 Å². The maximum Gasteiger partial charge on any atom is 0.0991 e. The Bertz CT molecular complexity index is 612. The molecule has 0 unspecified atom stereocenters. The molecular formula is C14H9Cl2N. The Hall–Kier alpha value is -1.49. The van der Waals surface area contributed by atoms with Gasteiger partial charge in [0, 0.05) is 0 Å². The molecule has 0 saturated carbocycles. The molecule has 84 valence electrons. The minimum absolute atomic E-state index is 0.519. The summed E-state index contributed by atoms with van der Waals surface area (Å²) in [5.41, 5.74) is 3.70. The van der Waals surface area contributed by atoms with Gasteiger partial charge in [-0.3, -0.25) is 0 Å². The van der Waals surface area contributed by atoms with Gasteiger partial charge in [-0.1, -0.05) is 35.3 Å². The first-order chi connectivity index (χ1) is 8.11. The molecule has 0 aliphatic heterocycles. The maximum atomic E-state index is 8.90. The Balaban J connectivity index is 2.60. The van der Waals surface area contributed by atoms with Gasteiger partial charge in [-0.25, -0.2) is 0 Å². The standard InChI is InChI=1S/C14H9Cl2N/c1-9-2-3-10(8-17)6-12(9)11-4-5-13(15)14(16)7-11/h2-7H,1H3. The number of aryl methyl sites for hydroxylation is 1. The smallest absolute Gasteiger partial charge is 0.0991 e. The van der Waals surface area contributed by atoms with E-state index in [2.05, 4.69) is 6.07 Å². The van der Waals surface area contributed by atoms with Crippen molar-refractivity contribution in [3.63, 3.8) is 0 Å². The number of hydrogen-bond donors (Lipinski definition) is 0. The van der Waals surface area contributed by atoms with Gasteiger partial charge in [-0.2, -0.15) is 5.26 Å². The lowest BCUT2D eigenvalue weighted by Gasteiger charge is -2.07. The van der Waals surface area contributed by atoms with Crippen molar-refractivity contribution in [2.45, 2.75) is 6.92 Å². The van der Waals surface area contributed by atoms with Crippen LogP contribution in [-0.2, 0) is 0 Å². The van der Waals surface area contributed by atoms with Crippen molar-refractivity contribution < 1.29 is 0 Å². The summed E-state index contributed by atoms with van der Waals surface area (Å²) in [6, 6.07) is 13.2. The zero-order valence-electron chi connectivity index (χ0n) is 9.17. The zero-order chi connectivity index (χ0) is 12.4. The fraction of sp³-hybridized carbons (Fsp3) is 0.0714. The molecule has 0 heterocycles. The second kappa shape index (κ2) is 4.79. The summed E-state index contributed by atoms with van der Waals surface area (Å²) in [5, 5.41) is 9.95. The molecule has 0 aliphatic rings. The average molecular weight is 262 g/mol. The number of halogens is 2. The minimum Gasteiger partial charge on any atom is -0.192 e. The number of nitriles is 1. The largest absolute Gasteiger partial charge is 0.192 e. The Morgan fingerprint density at radius 3 is 2.41 bits per heavy atom. The summed E-state index contributed by atoms with van der Waals surface area (Å²) in [6.07, 6.45) is 0. The van der Waals surface area contributed by atoms with Gasteiger partial charge in [0.05, 0.1) is 21.7 Å². The van der Waals surface area contributed by atoms with E-state index < -0.39 is 0 Å². The number of rotatable bonds is 1. The molecule has 2 aromatic carbocycles. The van der Waals surface area contributed by atoms with Crippen molar-refractivity contribution in [3.8, 4) is 17.2 Å². The van der Waals surface area contributed by atoms with Crippen LogP contribution in [0.3, 0.4) is 0 Å². The highest BCUT2D eigenvalue weighted by Gasteiger charge is 2.06. The van der Waals surface area contributed by atoms with Gasteiger partial charge in [0.15, 0.2) is 0 Å². The van der Waals surface area contributed by atoms with Crippen LogP contribution in [0.5, 0.6) is 0 Å². The van der Waals surface area contributed by atoms with E-state index in [1.54, 1.807) is 12.1 Å². The van der Waals surface area contributed by atoms with Crippen molar-refractivity contribution in [1.82, 2.24) is 0 Å². The quantitative estimate of drug-likeness (QED) is 0.721. The van der Waals surface area contributed by atoms with E-state index in [1.807, 2.05) is 31.2 Å². The van der Waals surface area contributed by atoms with Crippen LogP contribution >= 0.6 is 23.2 Å². The Kier molecular flexibility index (Phi) is 3.38. The Labute approximate surface area is 110 Å². The normalized spacial score (nSPS) is 10.0. The second-order valence-corrected chi connectivity index (χ2v) is 4.58. The third kappa shape index (κ3) is 2.44. The van der Waals surface area contributed by atoms with Crippen LogP contribution < -0.4 is 0 Å². The van der Waals surface area contributed by atoms with Gasteiger partial charge in [-0.05, 0) is 47.9 Å². The predicted octanol–water partition coefficient (Wildman–Crippen LogP) is 4.84. The molecule has 0 amide bonds. The molecule has 2 aromatic rings. The van der Waals surface area contributed by atoms with E-state index in [-0.39, 0.29) is 0 Å². The molecule has 0 aliphatic carbocycles. The Morgan fingerprint density at radius 1 is 1.00 bits per heavy atom. The van der Waals surface area contributed by atoms with E-state index in [1.165, 1.54) is 0 Å². The molecule has 0 radical (unpaired) electrons. The van der Waals surface area contributed by atoms with Crippen molar-refractivity contribution >= 4 is 23.2 Å². The third-order valence-electron chi connectivity index (χ3n) is 2.60. The highest BCUT2D eigenvalue weighted by molar-refractivity contribution is 6.42. The molecule has 0 atom stereocenters. The summed E-state index contributed by atoms with van der Waals surface area (Å²) in [6.45, 7) is 2.00. The number of nitrogens with zero attached hydrogens (tertiary/aromatic N) is 1. The molecule has 0 fully saturated rings. The lowest BCUT2D eigenvalue weighted by atomic mass is 9.98. The molecule has 0 saturated heterocycles. The summed E-state index contributed by atoms with van der Waals surface area (Å²) in [4.78, 5) is 0. The zero-order valence-corrected chi connectivity index (χ0v) is 10.7. The molecule has 3 heteroatoms. The van der Waals surface area contributed by atoms with Gasteiger partial charge in [-0.15, -0.1) is 0 Å². The van der Waals surface area contributed by atoms with Crippen molar-refractivity contribution in [2.24, 2.45) is 0 Å². The monoisotopic (exact) mass is 261 g/mol. The molecule has 2 rings (SSSR count). The van der Waals surface area contributed by atoms with Crippen molar-refractivity contribution in [2.75, 3.05) is 0 Å². The highest BCUT2D eigenvalue weighted by Crippen LogP contribution is 2.30. The summed E-state index contributed by atoms with van der Waals surface area (Å²) < 4.78 is 0. The van der Waals surface area contributed by atoms with Gasteiger partial charge in [0.2, 0.25) is 0 Å². The van der Waals surface area contributed by atoms with Crippen LogP contribution in [0.15, 0.2) is 36.4 Å². The van der Waals surface area contributed by atoms with Gasteiger partial charge in [0.1, 0.15) is 0 Å². The second-order valence-electron chi connectivity index (χ2n) is 3.77. The molecule has 0 spiro atoms. The predicted molar refractivity (Wildman–Crippen MR) is 71.4 cm³/mol. The van der Waals surface area contributed by atoms with Gasteiger partial charge in [0.25, 0.3) is 0 Å². The van der Waals surface area contributed by atoms with Gasteiger partial charge >= 0.3 is 0 Å². The van der Waals surface area contributed by atoms with E-state index in [9.17, 15) is 0 Å². The van der Waals surface area contributed by atoms with Crippen LogP contribution in [0.4, 0.5) is 0 Å². The van der Waals surface area contributed by atoms with Crippen molar-refractivity contribution in [1.29, 1.82) is 5.26 Å². The van der Waals surface area contributed by atoms with Crippen LogP contribution in [-0.4, -0.2) is 0 Å². The fourth-order valence-corrected chi connectivity index (χ4v) is 1.96. The fourth-order valence-electron chi connectivity index (χ4n) is 1.67. The van der Waals surface area contributed by atoms with Crippen molar-refractivity contribution in [3.05, 3.63) is 57.6 Å². The summed E-state index contributed by atoms with van der Waals surface area (Å²) in [5.74, 6) is 0. The third-order valence-corrected chi connectivity index (χ3v) is 3.34. The minimum atomic E-state index is 0.519. The van der Waals surface area contributed by atoms with Gasteiger partial charge < -0.3 is 0 Å². The average Bonchev–Trinajstić information content (AvgIpc) is 2.33. The number of hydrogen-bond acceptors (Lipinski definition) is 1. The van der Waals surface area contributed by atoms with E-state index in [0.29, 0.717) is 15.6 Å². The highest BCUT2D eigenvalue weighted by atomic mass is 35.5. The summed E-state index contributed by atoms with van der Waals surface area (Å²) >= 11 is 11.9. The molecule has 0 bridgehead atoms. The first kappa shape index (κ1) is 12.0. The lowest BCUT2D eigenvalue weighted by molar-refractivity contribution is 1.42. The maximum absolute atomic E-state index is 8.90. The lowest BCUT2D eigenvalue weighted by Crippen LogP contribution is -1.85. The van der Waals surface area contributed by atoms with E-state index >= 15 is 0 Å². The van der Waals surface area contributed by atoms with Crippen LogP contribution in [0, 0.1) is 18.3 Å². The van der Waals surface area contributed by atoms with Crippen LogP contribution in [0.25, 0.3) is 11.1 Å². The molecular weight excluding hydrogens is 253 g/mol. The topological polar surface area (TPSA) is 23.8 Å². The Morgan fingerprint density at radius 2 is 1.76 bits per heavy atom. The molecule has 1 nitrogen and oxygen atoms in total. The molecule has 0 aromatic heterocycles. The molecule has 17 heavy (non-hydrogen) atoms. The van der Waals surface area contributed by atoms with E-state index in [4.69, 9.17) is 28.5 Å². The first-order valence-electron chi connectivity index (χ1n) is 5.08. The SMILES string of the molecule is Cc1ccc(C#N)cc1-c1ccc(Cl)c(Cl)c1. The first-order valence-corrected chi connectivity index (χ1v) is 5.83. The van der Waals surface area contributed by atoms with Crippen LogP contribution in [0.1, 0.15) is 11.1 Å². The summed E-state index contributed by atoms with van der Waals surface area (Å²) in [7, 11) is 0. The molecule has 0 N–H and O–H groups in total. The van der Waals surface area contributed by atoms with Crippen LogP contribution in [0.2, 0.25) is 10.0 Å². The number of benzene rings is 2.